The Balaban J connectivity index is -0.000000340. The van der Waals surface area contributed by atoms with Crippen molar-refractivity contribution in [1.82, 2.24) is 0 Å². The Labute approximate surface area is 338 Å². The molecule has 0 aliphatic rings. The first kappa shape index (κ1) is 62.1. The minimum atomic E-state index is 0. The van der Waals surface area contributed by atoms with Crippen LogP contribution in [0.4, 0.5) is 0 Å². The van der Waals surface area contributed by atoms with Gasteiger partial charge in [0, 0.05) is 25.7 Å². The molecule has 0 saturated carbocycles. The summed E-state index contributed by atoms with van der Waals surface area (Å²) in [7, 11) is 0. The van der Waals surface area contributed by atoms with Crippen molar-refractivity contribution in [1.29, 1.82) is 0 Å². The second kappa shape index (κ2) is 56.2. The van der Waals surface area contributed by atoms with Gasteiger partial charge in [0.25, 0.3) is 0 Å². The molecule has 328 valence electrons. The highest BCUT2D eigenvalue weighted by molar-refractivity contribution is 5.78. The topological polar surface area (TPSA) is 146 Å². The Hall–Kier alpha value is -1.11. The summed E-state index contributed by atoms with van der Waals surface area (Å²) < 4.78 is 0. The summed E-state index contributed by atoms with van der Waals surface area (Å²) in [6.07, 6.45) is 52.7. The number of hydrogen-bond donors (Lipinski definition) is 0. The molecule has 0 atom stereocenters. The van der Waals surface area contributed by atoms with Crippen LogP contribution in [0.5, 0.6) is 0 Å². The van der Waals surface area contributed by atoms with E-state index in [-0.39, 0.29) is 16.4 Å². The molecule has 0 aliphatic carbocycles. The minimum absolute atomic E-state index is 0. The van der Waals surface area contributed by atoms with Gasteiger partial charge in [-0.15, -0.1) is 0 Å². The molecule has 0 aromatic rings. The lowest BCUT2D eigenvalue weighted by molar-refractivity contribution is -0.119. The van der Waals surface area contributed by atoms with Crippen LogP contribution in [-0.2, 0) is 14.4 Å². The smallest absolute Gasteiger partial charge is 0.132 e. The van der Waals surface area contributed by atoms with Gasteiger partial charge in [-0.1, -0.05) is 226 Å². The van der Waals surface area contributed by atoms with Gasteiger partial charge in [0.1, 0.15) is 17.3 Å². The van der Waals surface area contributed by atoms with Gasteiger partial charge < -0.3 is 26.0 Å². The summed E-state index contributed by atoms with van der Waals surface area (Å²) >= 11 is 0. The third-order valence-electron chi connectivity index (χ3n) is 10.7. The Morgan fingerprint density at radius 2 is 0.389 bits per heavy atom. The SMILES string of the molecule is CCCCCCCCCCCCCCC(=O)CCCCCCCCCCCCCCCC(C)=O.CCCCCCCCCCCCCCC(C)=O.O.O.O. The highest BCUT2D eigenvalue weighted by Gasteiger charge is 2.03. The fraction of sp³-hybridized carbons (Fsp3) is 0.938. The first-order valence-corrected chi connectivity index (χ1v) is 23.4. The lowest BCUT2D eigenvalue weighted by Crippen LogP contribution is -1.97. The fourth-order valence-corrected chi connectivity index (χ4v) is 7.14. The van der Waals surface area contributed by atoms with Crippen molar-refractivity contribution < 1.29 is 30.8 Å². The average Bonchev–Trinajstić information content (AvgIpc) is 3.11. The highest BCUT2D eigenvalue weighted by atomic mass is 16.1. The molecular formula is C48H100O6. The van der Waals surface area contributed by atoms with Crippen LogP contribution >= 0.6 is 0 Å². The number of unbranched alkanes of at least 4 members (excludes halogenated alkanes) is 34. The molecule has 0 unspecified atom stereocenters. The number of carbonyl (C=O) groups excluding carboxylic acids is 3. The predicted molar refractivity (Wildman–Crippen MR) is 238 cm³/mol. The molecule has 6 N–H and O–H groups in total. The molecule has 6 nitrogen and oxygen atoms in total. The molecule has 6 heteroatoms. The quantitative estimate of drug-likeness (QED) is 0.0569. The van der Waals surface area contributed by atoms with E-state index in [1.54, 1.807) is 13.8 Å². The monoisotopic (exact) mass is 773 g/mol. The first-order chi connectivity index (χ1) is 24.9. The van der Waals surface area contributed by atoms with E-state index in [9.17, 15) is 14.4 Å². The van der Waals surface area contributed by atoms with Crippen LogP contribution in [-0.4, -0.2) is 33.8 Å². The second-order valence-electron chi connectivity index (χ2n) is 16.3. The van der Waals surface area contributed by atoms with Gasteiger partial charge in [-0.25, -0.2) is 0 Å². The van der Waals surface area contributed by atoms with Crippen molar-refractivity contribution in [2.75, 3.05) is 0 Å². The number of ketones is 3. The van der Waals surface area contributed by atoms with Crippen LogP contribution in [0.2, 0.25) is 0 Å². The van der Waals surface area contributed by atoms with Crippen molar-refractivity contribution in [2.45, 2.75) is 291 Å². The average molecular weight is 773 g/mol. The van der Waals surface area contributed by atoms with Gasteiger partial charge in [-0.2, -0.15) is 0 Å². The molecule has 0 radical (unpaired) electrons. The van der Waals surface area contributed by atoms with Gasteiger partial charge >= 0.3 is 0 Å². The van der Waals surface area contributed by atoms with Crippen LogP contribution in [0.15, 0.2) is 0 Å². The molecule has 54 heavy (non-hydrogen) atoms. The predicted octanol–water partition coefficient (Wildman–Crippen LogP) is 14.3. The summed E-state index contributed by atoms with van der Waals surface area (Å²) in [5.41, 5.74) is 0. The molecule has 0 saturated heterocycles. The second-order valence-corrected chi connectivity index (χ2v) is 16.3. The number of carbonyl (C=O) groups is 3. The third kappa shape index (κ3) is 62.9. The molecule has 0 aromatic heterocycles. The van der Waals surface area contributed by atoms with Crippen LogP contribution < -0.4 is 0 Å². The maximum absolute atomic E-state index is 12.1. The maximum atomic E-state index is 12.1. The highest BCUT2D eigenvalue weighted by Crippen LogP contribution is 2.16. The van der Waals surface area contributed by atoms with E-state index < -0.39 is 0 Å². The summed E-state index contributed by atoms with van der Waals surface area (Å²) in [6, 6.07) is 0. The molecule has 0 fully saturated rings. The van der Waals surface area contributed by atoms with Gasteiger partial charge in [-0.05, 0) is 39.5 Å². The Morgan fingerprint density at radius 3 is 0.556 bits per heavy atom. The zero-order valence-electron chi connectivity index (χ0n) is 37.2. The fourth-order valence-electron chi connectivity index (χ4n) is 7.14. The van der Waals surface area contributed by atoms with Crippen molar-refractivity contribution in [3.8, 4) is 0 Å². The van der Waals surface area contributed by atoms with Crippen LogP contribution in [0.25, 0.3) is 0 Å². The summed E-state index contributed by atoms with van der Waals surface area (Å²) in [5, 5.41) is 0. The lowest BCUT2D eigenvalue weighted by atomic mass is 10.0. The molecule has 0 aliphatic heterocycles. The standard InChI is InChI=1S/C32H62O2.C16H32O.3H2O/c1-3-4-5-6-7-8-9-14-17-20-23-26-29-32(34)30-27-24-21-18-15-12-10-11-13-16-19-22-25-28-31(2)33;1-3-4-5-6-7-8-9-10-11-12-13-14-15-16(2)17;;;/h3-30H2,1-2H3;3-15H2,1-2H3;3*1H2. The zero-order valence-corrected chi connectivity index (χ0v) is 37.2. The van der Waals surface area contributed by atoms with E-state index >= 15 is 0 Å². The molecule has 0 heterocycles. The zero-order chi connectivity index (χ0) is 37.7. The number of hydrogen-bond acceptors (Lipinski definition) is 3. The number of rotatable bonds is 42. The van der Waals surface area contributed by atoms with Gasteiger partial charge in [0.05, 0.1) is 0 Å². The number of Topliss-reactive ketones (excluding diaryl/α,β-unsaturated/α-hetero) is 3. The van der Waals surface area contributed by atoms with Crippen molar-refractivity contribution >= 4 is 17.3 Å². The normalized spacial score (nSPS) is 10.4. The van der Waals surface area contributed by atoms with E-state index in [0.29, 0.717) is 17.3 Å². The van der Waals surface area contributed by atoms with Gasteiger partial charge in [-0.3, -0.25) is 4.79 Å². The molecular weight excluding hydrogens is 673 g/mol. The third-order valence-corrected chi connectivity index (χ3v) is 10.7. The molecule has 0 aromatic carbocycles. The van der Waals surface area contributed by atoms with Crippen LogP contribution in [0.1, 0.15) is 291 Å². The Bertz CT molecular complexity index is 709. The Morgan fingerprint density at radius 1 is 0.241 bits per heavy atom. The minimum Gasteiger partial charge on any atom is -0.412 e. The Kier molecular flexibility index (Phi) is 64.6. The molecule has 0 rings (SSSR count). The van der Waals surface area contributed by atoms with Crippen molar-refractivity contribution in [2.24, 2.45) is 0 Å². The van der Waals surface area contributed by atoms with Gasteiger partial charge in [0.15, 0.2) is 0 Å². The van der Waals surface area contributed by atoms with E-state index in [1.165, 1.54) is 212 Å². The molecule has 0 spiro atoms. The van der Waals surface area contributed by atoms with E-state index in [2.05, 4.69) is 13.8 Å². The van der Waals surface area contributed by atoms with Crippen molar-refractivity contribution in [3.63, 3.8) is 0 Å². The largest absolute Gasteiger partial charge is 0.412 e. The van der Waals surface area contributed by atoms with Crippen molar-refractivity contribution in [3.05, 3.63) is 0 Å². The molecule has 0 amide bonds. The van der Waals surface area contributed by atoms with Crippen LogP contribution in [0, 0.1) is 0 Å². The maximum Gasteiger partial charge on any atom is 0.132 e. The van der Waals surface area contributed by atoms with Crippen LogP contribution in [0.3, 0.4) is 0 Å². The van der Waals surface area contributed by atoms with E-state index in [0.717, 1.165) is 51.4 Å². The molecule has 0 bridgehead atoms. The summed E-state index contributed by atoms with van der Waals surface area (Å²) in [5.74, 6) is 1.19. The van der Waals surface area contributed by atoms with E-state index in [4.69, 9.17) is 0 Å². The first-order valence-electron chi connectivity index (χ1n) is 23.4. The van der Waals surface area contributed by atoms with E-state index in [1.807, 2.05) is 0 Å². The lowest BCUT2D eigenvalue weighted by Gasteiger charge is -2.04. The summed E-state index contributed by atoms with van der Waals surface area (Å²) in [4.78, 5) is 33.7. The van der Waals surface area contributed by atoms with Gasteiger partial charge in [0.2, 0.25) is 0 Å². The summed E-state index contributed by atoms with van der Waals surface area (Å²) in [6.45, 7) is 7.94.